The number of hydrogen-bond acceptors (Lipinski definition) is 6. The van der Waals surface area contributed by atoms with Crippen LogP contribution in [0.4, 0.5) is 5.69 Å². The Morgan fingerprint density at radius 3 is 3.04 bits per heavy atom. The van der Waals surface area contributed by atoms with Gasteiger partial charge in [0, 0.05) is 18.5 Å². The molecular formula is C18H22N4O4S. The number of hydrogen-bond donors (Lipinski definition) is 2. The molecule has 2 N–H and O–H groups in total. The first kappa shape index (κ1) is 19.2. The van der Waals surface area contributed by atoms with E-state index in [0.717, 1.165) is 19.4 Å². The van der Waals surface area contributed by atoms with E-state index in [1.807, 2.05) is 12.1 Å². The Labute approximate surface area is 162 Å². The third-order valence-electron chi connectivity index (χ3n) is 4.26. The highest BCUT2D eigenvalue weighted by molar-refractivity contribution is 7.80. The number of para-hydroxylation sites is 1. The Bertz CT molecular complexity index is 858. The van der Waals surface area contributed by atoms with Gasteiger partial charge in [0.15, 0.2) is 5.69 Å². The number of aromatic hydroxyl groups is 1. The maximum absolute atomic E-state index is 11.8. The number of rotatable bonds is 6. The highest BCUT2D eigenvalue weighted by Crippen LogP contribution is 2.38. The molecule has 1 saturated heterocycles. The monoisotopic (exact) mass is 390 g/mol. The van der Waals surface area contributed by atoms with Crippen molar-refractivity contribution in [2.45, 2.75) is 32.4 Å². The molecule has 0 radical (unpaired) electrons. The van der Waals surface area contributed by atoms with E-state index in [1.54, 1.807) is 19.1 Å². The van der Waals surface area contributed by atoms with Gasteiger partial charge in [0.2, 0.25) is 11.0 Å². The average molecular weight is 390 g/mol. The summed E-state index contributed by atoms with van der Waals surface area (Å²) in [6.07, 6.45) is 2.18. The van der Waals surface area contributed by atoms with Gasteiger partial charge in [-0.3, -0.25) is 9.36 Å². The Kier molecular flexibility index (Phi) is 6.36. The molecule has 1 fully saturated rings. The lowest BCUT2D eigenvalue weighted by molar-refractivity contribution is -0.143. The quantitative estimate of drug-likeness (QED) is 0.447. The molecule has 1 aliphatic rings. The molecule has 144 valence electrons. The molecule has 1 atom stereocenters. The Morgan fingerprint density at radius 2 is 2.30 bits per heavy atom. The zero-order chi connectivity index (χ0) is 19.2. The lowest BCUT2D eigenvalue weighted by Gasteiger charge is -2.09. The zero-order valence-electron chi connectivity index (χ0n) is 15.1. The maximum atomic E-state index is 11.8. The largest absolute Gasteiger partial charge is 0.493 e. The number of nitrogens with one attached hydrogen (secondary N) is 1. The molecule has 8 nitrogen and oxygen atoms in total. The number of esters is 1. The van der Waals surface area contributed by atoms with Crippen LogP contribution in [0.15, 0.2) is 34.5 Å². The first-order chi connectivity index (χ1) is 13.1. The number of carbonyl (C=O) groups excluding carboxylic acids is 1. The predicted molar refractivity (Wildman–Crippen MR) is 104 cm³/mol. The third-order valence-corrected chi connectivity index (χ3v) is 4.48. The van der Waals surface area contributed by atoms with Crippen molar-refractivity contribution in [3.63, 3.8) is 0 Å². The summed E-state index contributed by atoms with van der Waals surface area (Å²) >= 11 is 5.18. The van der Waals surface area contributed by atoms with Gasteiger partial charge in [0.25, 0.3) is 0 Å². The second-order valence-electron chi connectivity index (χ2n) is 6.10. The van der Waals surface area contributed by atoms with Crippen molar-refractivity contribution in [2.24, 2.45) is 10.2 Å². The van der Waals surface area contributed by atoms with Gasteiger partial charge in [0.1, 0.15) is 6.54 Å². The molecule has 0 aliphatic carbocycles. The predicted octanol–water partition coefficient (Wildman–Crippen LogP) is 3.05. The molecule has 2 aromatic rings. The smallest absolute Gasteiger partial charge is 0.326 e. The maximum Gasteiger partial charge on any atom is 0.326 e. The van der Waals surface area contributed by atoms with Gasteiger partial charge in [-0.15, -0.1) is 10.2 Å². The van der Waals surface area contributed by atoms with Gasteiger partial charge in [-0.05, 0) is 38.0 Å². The summed E-state index contributed by atoms with van der Waals surface area (Å²) in [4.78, 5) is 11.8. The van der Waals surface area contributed by atoms with Gasteiger partial charge >= 0.3 is 5.97 Å². The molecule has 0 amide bonds. The van der Waals surface area contributed by atoms with Crippen molar-refractivity contribution < 1.29 is 19.4 Å². The van der Waals surface area contributed by atoms with E-state index in [-0.39, 0.29) is 35.9 Å². The van der Waals surface area contributed by atoms with Crippen molar-refractivity contribution in [1.29, 1.82) is 0 Å². The van der Waals surface area contributed by atoms with Crippen LogP contribution in [0.1, 0.15) is 19.8 Å². The highest BCUT2D eigenvalue weighted by Gasteiger charge is 2.19. The SMILES string of the molecule is CCOC(=O)Cn1c(O)c(N=NC(=S)NC[C@@H]2CCCO2)c2ccccc21. The molecule has 0 saturated carbocycles. The minimum Gasteiger partial charge on any atom is -0.493 e. The van der Waals surface area contributed by atoms with Crippen LogP contribution in [0.2, 0.25) is 0 Å². The van der Waals surface area contributed by atoms with E-state index in [1.165, 1.54) is 4.57 Å². The molecule has 2 heterocycles. The van der Waals surface area contributed by atoms with E-state index in [0.29, 0.717) is 17.4 Å². The molecule has 1 aromatic heterocycles. The summed E-state index contributed by atoms with van der Waals surface area (Å²) in [5, 5.41) is 22.6. The van der Waals surface area contributed by atoms with Crippen LogP contribution in [0, 0.1) is 0 Å². The second-order valence-corrected chi connectivity index (χ2v) is 6.49. The zero-order valence-corrected chi connectivity index (χ0v) is 15.9. The summed E-state index contributed by atoms with van der Waals surface area (Å²) in [6.45, 7) is 3.24. The van der Waals surface area contributed by atoms with Gasteiger partial charge in [0.05, 0.1) is 18.2 Å². The number of aromatic nitrogens is 1. The second kappa shape index (κ2) is 8.92. The molecule has 27 heavy (non-hydrogen) atoms. The van der Waals surface area contributed by atoms with Crippen molar-refractivity contribution >= 4 is 39.9 Å². The molecular weight excluding hydrogens is 368 g/mol. The lowest BCUT2D eigenvalue weighted by Crippen LogP contribution is -2.29. The Morgan fingerprint density at radius 1 is 1.48 bits per heavy atom. The number of azo groups is 1. The standard InChI is InChI=1S/C18H22N4O4S/c1-2-25-15(23)11-22-14-8-4-3-7-13(14)16(17(22)24)20-21-18(27)19-10-12-6-5-9-26-12/h3-4,7-8,12,24H,2,5-6,9-11H2,1H3,(H,19,27)/t12-/m0/s1. The van der Waals surface area contributed by atoms with E-state index in [2.05, 4.69) is 15.5 Å². The fourth-order valence-electron chi connectivity index (χ4n) is 3.00. The van der Waals surface area contributed by atoms with Crippen LogP contribution < -0.4 is 5.32 Å². The van der Waals surface area contributed by atoms with Crippen LogP contribution in [0.3, 0.4) is 0 Å². The number of thiocarbonyl (C=S) groups is 1. The van der Waals surface area contributed by atoms with Crippen molar-refractivity contribution in [3.05, 3.63) is 24.3 Å². The number of carbonyl (C=O) groups is 1. The third kappa shape index (κ3) is 4.61. The van der Waals surface area contributed by atoms with Crippen LogP contribution >= 0.6 is 12.2 Å². The van der Waals surface area contributed by atoms with Crippen LogP contribution in [0.25, 0.3) is 10.9 Å². The first-order valence-electron chi connectivity index (χ1n) is 8.87. The van der Waals surface area contributed by atoms with Crippen molar-refractivity contribution in [2.75, 3.05) is 19.8 Å². The molecule has 1 aromatic carbocycles. The summed E-state index contributed by atoms with van der Waals surface area (Å²) < 4.78 is 11.9. The minimum absolute atomic E-state index is 0.114. The van der Waals surface area contributed by atoms with Gasteiger partial charge < -0.3 is 19.9 Å². The van der Waals surface area contributed by atoms with E-state index >= 15 is 0 Å². The molecule has 3 rings (SSSR count). The number of benzene rings is 1. The molecule has 0 unspecified atom stereocenters. The molecule has 0 spiro atoms. The van der Waals surface area contributed by atoms with Crippen LogP contribution in [-0.2, 0) is 20.8 Å². The van der Waals surface area contributed by atoms with Gasteiger partial charge in [-0.25, -0.2) is 0 Å². The summed E-state index contributed by atoms with van der Waals surface area (Å²) in [6, 6.07) is 7.23. The average Bonchev–Trinajstić information content (AvgIpc) is 3.26. The van der Waals surface area contributed by atoms with Crippen molar-refractivity contribution in [1.82, 2.24) is 9.88 Å². The summed E-state index contributed by atoms with van der Waals surface area (Å²) in [5.41, 5.74) is 0.923. The topological polar surface area (TPSA) is 97.4 Å². The van der Waals surface area contributed by atoms with Crippen LogP contribution in [0.5, 0.6) is 5.88 Å². The van der Waals surface area contributed by atoms with E-state index in [9.17, 15) is 9.90 Å². The van der Waals surface area contributed by atoms with E-state index < -0.39 is 5.97 Å². The Balaban J connectivity index is 1.78. The number of fused-ring (bicyclic) bond motifs is 1. The molecule has 9 heteroatoms. The van der Waals surface area contributed by atoms with Gasteiger partial charge in [-0.2, -0.15) is 0 Å². The fraction of sp³-hybridized carbons (Fsp3) is 0.444. The van der Waals surface area contributed by atoms with Gasteiger partial charge in [-0.1, -0.05) is 18.2 Å². The van der Waals surface area contributed by atoms with Crippen molar-refractivity contribution in [3.8, 4) is 5.88 Å². The fourth-order valence-corrected chi connectivity index (χ4v) is 3.13. The number of nitrogens with zero attached hydrogens (tertiary/aromatic N) is 3. The minimum atomic E-state index is -0.439. The van der Waals surface area contributed by atoms with E-state index in [4.69, 9.17) is 21.7 Å². The lowest BCUT2D eigenvalue weighted by atomic mass is 10.2. The Hall–Kier alpha value is -2.52. The normalized spacial score (nSPS) is 16.9. The molecule has 1 aliphatic heterocycles. The summed E-state index contributed by atoms with van der Waals surface area (Å²) in [7, 11) is 0. The highest BCUT2D eigenvalue weighted by atomic mass is 32.1. The number of ether oxygens (including phenoxy) is 2. The molecule has 0 bridgehead atoms. The van der Waals surface area contributed by atoms with Crippen LogP contribution in [-0.4, -0.2) is 46.6 Å². The summed E-state index contributed by atoms with van der Waals surface area (Å²) in [5.74, 6) is -0.597. The first-order valence-corrected chi connectivity index (χ1v) is 9.28.